The van der Waals surface area contributed by atoms with Gasteiger partial charge in [-0.15, -0.1) is 5.26 Å². The molecular formula is C8H6ClNO. The predicted molar refractivity (Wildman–Crippen MR) is 42.4 cm³/mol. The highest BCUT2D eigenvalue weighted by Gasteiger charge is 2.03. The number of aryl methyl sites for hydroxylation is 1. The van der Waals surface area contributed by atoms with Crippen molar-refractivity contribution >= 4 is 11.6 Å². The Morgan fingerprint density at radius 1 is 1.55 bits per heavy atom. The van der Waals surface area contributed by atoms with Crippen LogP contribution >= 0.6 is 11.6 Å². The van der Waals surface area contributed by atoms with E-state index in [4.69, 9.17) is 16.9 Å². The summed E-state index contributed by atoms with van der Waals surface area (Å²) in [4.78, 5) is 0. The third kappa shape index (κ3) is 1.63. The SMILES string of the molecule is Cc1cccc(Cl)c1OC#N. The van der Waals surface area contributed by atoms with Gasteiger partial charge in [0.1, 0.15) is 0 Å². The van der Waals surface area contributed by atoms with Gasteiger partial charge in [0.05, 0.1) is 5.02 Å². The van der Waals surface area contributed by atoms with Gasteiger partial charge < -0.3 is 4.74 Å². The third-order valence-electron chi connectivity index (χ3n) is 1.31. The number of benzene rings is 1. The van der Waals surface area contributed by atoms with Crippen molar-refractivity contribution < 1.29 is 4.74 Å². The van der Waals surface area contributed by atoms with Gasteiger partial charge in [-0.3, -0.25) is 0 Å². The second-order valence-corrected chi connectivity index (χ2v) is 2.49. The summed E-state index contributed by atoms with van der Waals surface area (Å²) in [6.45, 7) is 1.83. The molecule has 11 heavy (non-hydrogen) atoms. The highest BCUT2D eigenvalue weighted by molar-refractivity contribution is 6.32. The zero-order chi connectivity index (χ0) is 8.27. The van der Waals surface area contributed by atoms with Crippen LogP contribution < -0.4 is 4.74 Å². The molecule has 1 aromatic rings. The summed E-state index contributed by atoms with van der Waals surface area (Å²) < 4.78 is 4.64. The molecule has 1 rings (SSSR count). The molecule has 0 atom stereocenters. The molecular weight excluding hydrogens is 162 g/mol. The maximum Gasteiger partial charge on any atom is 0.292 e. The van der Waals surface area contributed by atoms with E-state index < -0.39 is 0 Å². The molecule has 0 spiro atoms. The van der Waals surface area contributed by atoms with Gasteiger partial charge in [0.25, 0.3) is 6.26 Å². The van der Waals surface area contributed by atoms with Crippen LogP contribution in [0.4, 0.5) is 0 Å². The highest BCUT2D eigenvalue weighted by atomic mass is 35.5. The van der Waals surface area contributed by atoms with Crippen LogP contribution in [0.25, 0.3) is 0 Å². The molecule has 0 radical (unpaired) electrons. The Hall–Kier alpha value is -1.20. The van der Waals surface area contributed by atoms with Gasteiger partial charge in [-0.1, -0.05) is 23.7 Å². The molecule has 0 amide bonds. The number of nitriles is 1. The van der Waals surface area contributed by atoms with Crippen LogP contribution in [-0.4, -0.2) is 0 Å². The number of rotatable bonds is 1. The van der Waals surface area contributed by atoms with E-state index in [9.17, 15) is 0 Å². The van der Waals surface area contributed by atoms with E-state index in [1.54, 1.807) is 12.3 Å². The van der Waals surface area contributed by atoms with E-state index in [0.717, 1.165) is 5.56 Å². The molecule has 1 aromatic carbocycles. The largest absolute Gasteiger partial charge is 0.386 e. The average molecular weight is 168 g/mol. The number of hydrogen-bond donors (Lipinski definition) is 0. The number of para-hydroxylation sites is 1. The molecule has 0 saturated carbocycles. The zero-order valence-corrected chi connectivity index (χ0v) is 6.72. The summed E-state index contributed by atoms with van der Waals surface area (Å²) in [5, 5.41) is 8.70. The zero-order valence-electron chi connectivity index (χ0n) is 5.97. The number of halogens is 1. The molecule has 56 valence electrons. The number of hydrogen-bond acceptors (Lipinski definition) is 2. The first-order valence-electron chi connectivity index (χ1n) is 3.06. The third-order valence-corrected chi connectivity index (χ3v) is 1.61. The Labute approximate surface area is 70.0 Å². The number of ether oxygens (including phenoxy) is 1. The van der Waals surface area contributed by atoms with Crippen molar-refractivity contribution in [2.75, 3.05) is 0 Å². The summed E-state index contributed by atoms with van der Waals surface area (Å²) in [7, 11) is 0. The van der Waals surface area contributed by atoms with Crippen LogP contribution in [0.15, 0.2) is 18.2 Å². The van der Waals surface area contributed by atoms with Crippen molar-refractivity contribution in [3.63, 3.8) is 0 Å². The van der Waals surface area contributed by atoms with Crippen molar-refractivity contribution in [2.24, 2.45) is 0 Å². The first kappa shape index (κ1) is 7.90. The van der Waals surface area contributed by atoms with Crippen LogP contribution in [0.2, 0.25) is 5.02 Å². The number of nitrogens with zero attached hydrogens (tertiary/aromatic N) is 1. The molecule has 3 heteroatoms. The molecule has 0 fully saturated rings. The second-order valence-electron chi connectivity index (χ2n) is 2.08. The fourth-order valence-corrected chi connectivity index (χ4v) is 1.05. The molecule has 0 bridgehead atoms. The molecule has 0 heterocycles. The van der Waals surface area contributed by atoms with Crippen molar-refractivity contribution in [3.05, 3.63) is 28.8 Å². The van der Waals surface area contributed by atoms with Crippen LogP contribution in [0.5, 0.6) is 5.75 Å². The summed E-state index contributed by atoms with van der Waals surface area (Å²) in [5.74, 6) is 0.441. The molecule has 0 aliphatic rings. The van der Waals surface area contributed by atoms with Gasteiger partial charge in [-0.05, 0) is 18.6 Å². The van der Waals surface area contributed by atoms with Gasteiger partial charge in [0, 0.05) is 0 Å². The monoisotopic (exact) mass is 167 g/mol. The minimum absolute atomic E-state index is 0.441. The van der Waals surface area contributed by atoms with E-state index in [1.807, 2.05) is 19.1 Å². The summed E-state index contributed by atoms with van der Waals surface area (Å²) >= 11 is 5.73. The minimum Gasteiger partial charge on any atom is -0.386 e. The molecule has 0 aliphatic carbocycles. The van der Waals surface area contributed by atoms with E-state index in [1.165, 1.54) is 0 Å². The standard InChI is InChI=1S/C8H6ClNO/c1-6-3-2-4-7(9)8(6)11-5-10/h2-4H,1H3. The Balaban J connectivity index is 3.12. The van der Waals surface area contributed by atoms with E-state index >= 15 is 0 Å². The van der Waals surface area contributed by atoms with Crippen molar-refractivity contribution in [1.82, 2.24) is 0 Å². The molecule has 0 aromatic heterocycles. The van der Waals surface area contributed by atoms with Gasteiger partial charge in [-0.2, -0.15) is 0 Å². The van der Waals surface area contributed by atoms with E-state index in [2.05, 4.69) is 4.74 Å². The van der Waals surface area contributed by atoms with E-state index in [-0.39, 0.29) is 0 Å². The summed E-state index contributed by atoms with van der Waals surface area (Å²) in [6.07, 6.45) is 1.58. The summed E-state index contributed by atoms with van der Waals surface area (Å²) in [6, 6.07) is 5.32. The maximum absolute atomic E-state index is 8.24. The molecule has 0 saturated heterocycles. The Morgan fingerprint density at radius 2 is 2.27 bits per heavy atom. The molecule has 0 N–H and O–H groups in total. The normalized spacial score (nSPS) is 8.82. The van der Waals surface area contributed by atoms with Crippen LogP contribution in [0, 0.1) is 18.4 Å². The lowest BCUT2D eigenvalue weighted by Crippen LogP contribution is -1.86. The molecule has 0 aliphatic heterocycles. The summed E-state index contributed by atoms with van der Waals surface area (Å²) in [5.41, 5.74) is 0.860. The van der Waals surface area contributed by atoms with Gasteiger partial charge in [-0.25, -0.2) is 0 Å². The van der Waals surface area contributed by atoms with Crippen molar-refractivity contribution in [1.29, 1.82) is 5.26 Å². The van der Waals surface area contributed by atoms with Gasteiger partial charge in [0.15, 0.2) is 5.75 Å². The molecule has 2 nitrogen and oxygen atoms in total. The van der Waals surface area contributed by atoms with E-state index in [0.29, 0.717) is 10.8 Å². The molecule has 0 unspecified atom stereocenters. The Bertz CT molecular complexity index is 283. The topological polar surface area (TPSA) is 33.0 Å². The maximum atomic E-state index is 8.24. The second kappa shape index (κ2) is 3.27. The van der Waals surface area contributed by atoms with Crippen molar-refractivity contribution in [3.8, 4) is 12.0 Å². The van der Waals surface area contributed by atoms with Crippen LogP contribution in [0.3, 0.4) is 0 Å². The lowest BCUT2D eigenvalue weighted by Gasteiger charge is -2.01. The lowest BCUT2D eigenvalue weighted by molar-refractivity contribution is 0.503. The Kier molecular flexibility index (Phi) is 2.35. The first-order valence-corrected chi connectivity index (χ1v) is 3.44. The van der Waals surface area contributed by atoms with Gasteiger partial charge >= 0.3 is 0 Å². The smallest absolute Gasteiger partial charge is 0.292 e. The van der Waals surface area contributed by atoms with Gasteiger partial charge in [0.2, 0.25) is 0 Å². The lowest BCUT2D eigenvalue weighted by atomic mass is 10.2. The fourth-order valence-electron chi connectivity index (χ4n) is 0.792. The first-order chi connectivity index (χ1) is 5.25. The highest BCUT2D eigenvalue weighted by Crippen LogP contribution is 2.27. The average Bonchev–Trinajstić information content (AvgIpc) is 1.97. The Morgan fingerprint density at radius 3 is 2.82 bits per heavy atom. The fraction of sp³-hybridized carbons (Fsp3) is 0.125. The van der Waals surface area contributed by atoms with Crippen LogP contribution in [0.1, 0.15) is 5.56 Å². The van der Waals surface area contributed by atoms with Crippen molar-refractivity contribution in [2.45, 2.75) is 6.92 Å². The minimum atomic E-state index is 0.441. The van der Waals surface area contributed by atoms with Crippen LogP contribution in [-0.2, 0) is 0 Å². The quantitative estimate of drug-likeness (QED) is 0.602. The predicted octanol–water partition coefficient (Wildman–Crippen LogP) is 2.51.